The van der Waals surface area contributed by atoms with Crippen molar-refractivity contribution in [1.29, 1.82) is 0 Å². The van der Waals surface area contributed by atoms with Crippen LogP contribution in [0.4, 0.5) is 0 Å². The molecule has 0 radical (unpaired) electrons. The molecule has 2 aromatic carbocycles. The summed E-state index contributed by atoms with van der Waals surface area (Å²) in [5, 5.41) is 0. The molecule has 5 heteroatoms. The molecule has 0 bridgehead atoms. The molecular formula is C26H38Cl2N2O. The third-order valence-electron chi connectivity index (χ3n) is 6.13. The zero-order chi connectivity index (χ0) is 20.7. The summed E-state index contributed by atoms with van der Waals surface area (Å²) in [5.41, 5.74) is 4.15. The number of amides is 1. The summed E-state index contributed by atoms with van der Waals surface area (Å²) in [6.07, 6.45) is 4.70. The number of carbonyl (C=O) groups is 1. The third kappa shape index (κ3) is 8.84. The van der Waals surface area contributed by atoms with Crippen LogP contribution in [-0.2, 0) is 23.2 Å². The van der Waals surface area contributed by atoms with Crippen LogP contribution in [0.3, 0.4) is 0 Å². The number of nitrogens with zero attached hydrogens (tertiary/aromatic N) is 2. The van der Waals surface area contributed by atoms with Gasteiger partial charge in [0.2, 0.25) is 6.41 Å². The lowest BCUT2D eigenvalue weighted by Gasteiger charge is -2.33. The van der Waals surface area contributed by atoms with Crippen LogP contribution in [0.15, 0.2) is 54.6 Å². The largest absolute Gasteiger partial charge is 0.340 e. The first-order valence-corrected chi connectivity index (χ1v) is 11.0. The highest BCUT2D eigenvalue weighted by molar-refractivity contribution is 5.85. The molecule has 172 valence electrons. The Hall–Kier alpha value is -1.55. The Morgan fingerprint density at radius 2 is 1.55 bits per heavy atom. The molecule has 0 atom stereocenters. The number of hydrogen-bond donors (Lipinski definition) is 0. The van der Waals surface area contributed by atoms with Gasteiger partial charge in [0, 0.05) is 19.6 Å². The van der Waals surface area contributed by atoms with Crippen molar-refractivity contribution in [2.45, 2.75) is 52.0 Å². The molecule has 31 heavy (non-hydrogen) atoms. The Morgan fingerprint density at radius 1 is 0.935 bits per heavy atom. The lowest BCUT2D eigenvalue weighted by atomic mass is 9.87. The molecule has 1 fully saturated rings. The fourth-order valence-electron chi connectivity index (χ4n) is 4.15. The standard InChI is InChI=1S/C26H36N2O.2ClH/c1-26(2,3)25-11-9-24(10-12-25)20-28(21-29)18-17-27-15-13-23(14-16-27)19-22-7-5-4-6-8-22;;/h4-12,21,23H,13-20H2,1-3H3;2*1H. The van der Waals surface area contributed by atoms with E-state index in [1.54, 1.807) is 0 Å². The summed E-state index contributed by atoms with van der Waals surface area (Å²) < 4.78 is 0. The van der Waals surface area contributed by atoms with Crippen LogP contribution in [0, 0.1) is 5.92 Å². The first-order valence-electron chi connectivity index (χ1n) is 11.0. The Kier molecular flexibility index (Phi) is 11.6. The Labute approximate surface area is 201 Å². The van der Waals surface area contributed by atoms with Gasteiger partial charge in [-0.3, -0.25) is 4.79 Å². The van der Waals surface area contributed by atoms with Crippen LogP contribution in [0.2, 0.25) is 0 Å². The molecular weight excluding hydrogens is 427 g/mol. The fraction of sp³-hybridized carbons (Fsp3) is 0.500. The van der Waals surface area contributed by atoms with E-state index in [2.05, 4.69) is 80.3 Å². The van der Waals surface area contributed by atoms with Crippen molar-refractivity contribution in [2.75, 3.05) is 26.2 Å². The van der Waals surface area contributed by atoms with Gasteiger partial charge in [-0.15, -0.1) is 24.8 Å². The summed E-state index contributed by atoms with van der Waals surface area (Å²) in [4.78, 5) is 16.0. The maximum absolute atomic E-state index is 11.6. The van der Waals surface area contributed by atoms with Gasteiger partial charge in [0.25, 0.3) is 0 Å². The van der Waals surface area contributed by atoms with Gasteiger partial charge in [-0.05, 0) is 60.4 Å². The maximum Gasteiger partial charge on any atom is 0.210 e. The molecule has 1 heterocycles. The van der Waals surface area contributed by atoms with Gasteiger partial charge in [-0.2, -0.15) is 0 Å². The SMILES string of the molecule is CC(C)(C)c1ccc(CN(C=O)CCN2CCC(Cc3ccccc3)CC2)cc1.Cl.Cl. The highest BCUT2D eigenvalue weighted by Gasteiger charge is 2.20. The Bertz CT molecular complexity index is 751. The van der Waals surface area contributed by atoms with E-state index in [1.807, 2.05) is 4.90 Å². The quantitative estimate of drug-likeness (QED) is 0.464. The number of likely N-dealkylation sites (tertiary alicyclic amines) is 1. The highest BCUT2D eigenvalue weighted by Crippen LogP contribution is 2.23. The molecule has 3 nitrogen and oxygen atoms in total. The van der Waals surface area contributed by atoms with E-state index in [-0.39, 0.29) is 30.2 Å². The third-order valence-corrected chi connectivity index (χ3v) is 6.13. The van der Waals surface area contributed by atoms with E-state index in [4.69, 9.17) is 0 Å². The number of carbonyl (C=O) groups excluding carboxylic acids is 1. The maximum atomic E-state index is 11.6. The van der Waals surface area contributed by atoms with Crippen molar-refractivity contribution >= 4 is 31.2 Å². The summed E-state index contributed by atoms with van der Waals surface area (Å²) in [6, 6.07) is 19.5. The van der Waals surface area contributed by atoms with Gasteiger partial charge in [0.05, 0.1) is 0 Å². The van der Waals surface area contributed by atoms with E-state index >= 15 is 0 Å². The Morgan fingerprint density at radius 3 is 2.10 bits per heavy atom. The van der Waals surface area contributed by atoms with Crippen molar-refractivity contribution in [1.82, 2.24) is 9.80 Å². The predicted molar refractivity (Wildman–Crippen MR) is 135 cm³/mol. The van der Waals surface area contributed by atoms with E-state index in [1.165, 1.54) is 36.0 Å². The fourth-order valence-corrected chi connectivity index (χ4v) is 4.15. The van der Waals surface area contributed by atoms with Crippen LogP contribution in [-0.4, -0.2) is 42.4 Å². The van der Waals surface area contributed by atoms with Gasteiger partial charge in [0.1, 0.15) is 0 Å². The lowest BCUT2D eigenvalue weighted by molar-refractivity contribution is -0.118. The van der Waals surface area contributed by atoms with Gasteiger partial charge in [0.15, 0.2) is 0 Å². The Balaban J connectivity index is 0.00000240. The number of piperidine rings is 1. The van der Waals surface area contributed by atoms with Crippen LogP contribution < -0.4 is 0 Å². The second-order valence-corrected chi connectivity index (χ2v) is 9.50. The van der Waals surface area contributed by atoms with E-state index in [0.29, 0.717) is 6.54 Å². The minimum atomic E-state index is 0. The van der Waals surface area contributed by atoms with Crippen molar-refractivity contribution < 1.29 is 4.79 Å². The minimum absolute atomic E-state index is 0. The summed E-state index contributed by atoms with van der Waals surface area (Å²) in [5.74, 6) is 0.789. The molecule has 1 saturated heterocycles. The summed E-state index contributed by atoms with van der Waals surface area (Å²) in [6.45, 7) is 11.4. The van der Waals surface area contributed by atoms with Crippen LogP contribution in [0.5, 0.6) is 0 Å². The molecule has 0 aromatic heterocycles. The van der Waals surface area contributed by atoms with Crippen molar-refractivity contribution in [3.63, 3.8) is 0 Å². The predicted octanol–water partition coefficient (Wildman–Crippen LogP) is 5.74. The molecule has 1 aliphatic rings. The lowest BCUT2D eigenvalue weighted by Crippen LogP contribution is -2.39. The van der Waals surface area contributed by atoms with Gasteiger partial charge in [-0.1, -0.05) is 75.4 Å². The zero-order valence-corrected chi connectivity index (χ0v) is 20.8. The monoisotopic (exact) mass is 464 g/mol. The number of benzene rings is 2. The molecule has 0 saturated carbocycles. The minimum Gasteiger partial charge on any atom is -0.340 e. The van der Waals surface area contributed by atoms with Gasteiger partial charge in [-0.25, -0.2) is 0 Å². The second kappa shape index (κ2) is 13.1. The summed E-state index contributed by atoms with van der Waals surface area (Å²) in [7, 11) is 0. The summed E-state index contributed by atoms with van der Waals surface area (Å²) >= 11 is 0. The zero-order valence-electron chi connectivity index (χ0n) is 19.1. The van der Waals surface area contributed by atoms with E-state index in [9.17, 15) is 4.79 Å². The van der Waals surface area contributed by atoms with Crippen molar-refractivity contribution in [3.8, 4) is 0 Å². The molecule has 0 unspecified atom stereocenters. The molecule has 1 amide bonds. The average molecular weight is 466 g/mol. The van der Waals surface area contributed by atoms with Crippen molar-refractivity contribution in [2.24, 2.45) is 5.92 Å². The molecule has 1 aliphatic heterocycles. The van der Waals surface area contributed by atoms with Crippen LogP contribution >= 0.6 is 24.8 Å². The second-order valence-electron chi connectivity index (χ2n) is 9.50. The van der Waals surface area contributed by atoms with Gasteiger partial charge >= 0.3 is 0 Å². The van der Waals surface area contributed by atoms with Gasteiger partial charge < -0.3 is 9.80 Å². The highest BCUT2D eigenvalue weighted by atomic mass is 35.5. The molecule has 2 aromatic rings. The van der Waals surface area contributed by atoms with Crippen LogP contribution in [0.25, 0.3) is 0 Å². The average Bonchev–Trinajstić information content (AvgIpc) is 2.72. The first kappa shape index (κ1) is 27.5. The smallest absolute Gasteiger partial charge is 0.210 e. The van der Waals surface area contributed by atoms with Crippen molar-refractivity contribution in [3.05, 3.63) is 71.3 Å². The number of rotatable bonds is 8. The first-order chi connectivity index (χ1) is 13.9. The number of hydrogen-bond acceptors (Lipinski definition) is 2. The molecule has 0 aliphatic carbocycles. The molecule has 0 N–H and O–H groups in total. The molecule has 0 spiro atoms. The van der Waals surface area contributed by atoms with E-state index in [0.717, 1.165) is 38.5 Å². The normalized spacial score (nSPS) is 14.9. The van der Waals surface area contributed by atoms with Crippen LogP contribution in [0.1, 0.15) is 50.3 Å². The molecule has 3 rings (SSSR count). The topological polar surface area (TPSA) is 23.6 Å². The van der Waals surface area contributed by atoms with E-state index < -0.39 is 0 Å². The number of halogens is 2.